The molecule has 0 bridgehead atoms. The Morgan fingerprint density at radius 1 is 1.60 bits per heavy atom. The fourth-order valence-electron chi connectivity index (χ4n) is 1.29. The van der Waals surface area contributed by atoms with E-state index in [-0.39, 0.29) is 6.10 Å². The first-order valence-corrected chi connectivity index (χ1v) is 6.44. The van der Waals surface area contributed by atoms with Crippen LogP contribution in [-0.2, 0) is 10.5 Å². The quantitative estimate of drug-likeness (QED) is 0.695. The van der Waals surface area contributed by atoms with Crippen LogP contribution in [-0.4, -0.2) is 25.0 Å². The van der Waals surface area contributed by atoms with Crippen LogP contribution in [0.15, 0.2) is 22.8 Å². The normalized spacial score (nSPS) is 12.9. The summed E-state index contributed by atoms with van der Waals surface area (Å²) in [4.78, 5) is 0. The van der Waals surface area contributed by atoms with Gasteiger partial charge in [-0.2, -0.15) is 11.8 Å². The van der Waals surface area contributed by atoms with E-state index in [4.69, 9.17) is 14.9 Å². The van der Waals surface area contributed by atoms with Crippen LogP contribution in [0.5, 0.6) is 0 Å². The summed E-state index contributed by atoms with van der Waals surface area (Å²) in [5.74, 6) is 3.01. The van der Waals surface area contributed by atoms with Crippen molar-refractivity contribution >= 4 is 11.8 Å². The molecule has 0 saturated carbocycles. The van der Waals surface area contributed by atoms with Crippen molar-refractivity contribution in [3.05, 3.63) is 24.2 Å². The predicted molar refractivity (Wildman–Crippen MR) is 64.0 cm³/mol. The third kappa shape index (κ3) is 5.25. The molecule has 1 aromatic heterocycles. The topological polar surface area (TPSA) is 48.4 Å². The lowest BCUT2D eigenvalue weighted by atomic mass is 10.3. The number of rotatable bonds is 8. The van der Waals surface area contributed by atoms with Crippen LogP contribution in [0.3, 0.4) is 0 Å². The lowest BCUT2D eigenvalue weighted by Crippen LogP contribution is -2.24. The Morgan fingerprint density at radius 3 is 3.07 bits per heavy atom. The van der Waals surface area contributed by atoms with Gasteiger partial charge in [-0.15, -0.1) is 0 Å². The molecule has 0 amide bonds. The number of nitrogens with two attached hydrogens (primary N) is 1. The molecule has 1 aromatic rings. The van der Waals surface area contributed by atoms with Gasteiger partial charge >= 0.3 is 0 Å². The van der Waals surface area contributed by atoms with Crippen molar-refractivity contribution in [3.63, 3.8) is 0 Å². The standard InChI is InChI=1S/C11H19NO2S/c1-2-13-10(8-12)5-7-15-9-11-4-3-6-14-11/h3-4,6,10H,2,5,7-9,12H2,1H3. The largest absolute Gasteiger partial charge is 0.468 e. The Bertz CT molecular complexity index is 239. The summed E-state index contributed by atoms with van der Waals surface area (Å²) >= 11 is 1.85. The maximum Gasteiger partial charge on any atom is 0.113 e. The van der Waals surface area contributed by atoms with Gasteiger partial charge < -0.3 is 14.9 Å². The second kappa shape index (κ2) is 7.79. The highest BCUT2D eigenvalue weighted by Gasteiger charge is 2.05. The summed E-state index contributed by atoms with van der Waals surface area (Å²) in [5.41, 5.74) is 5.58. The molecule has 0 aromatic carbocycles. The Kier molecular flexibility index (Phi) is 6.55. The first kappa shape index (κ1) is 12.6. The summed E-state index contributed by atoms with van der Waals surface area (Å²) in [7, 11) is 0. The van der Waals surface area contributed by atoms with Crippen molar-refractivity contribution in [3.8, 4) is 0 Å². The van der Waals surface area contributed by atoms with Gasteiger partial charge in [-0.05, 0) is 31.2 Å². The fourth-order valence-corrected chi connectivity index (χ4v) is 2.23. The monoisotopic (exact) mass is 229 g/mol. The van der Waals surface area contributed by atoms with E-state index in [1.807, 2.05) is 30.8 Å². The second-order valence-corrected chi connectivity index (χ2v) is 4.34. The molecule has 1 atom stereocenters. The van der Waals surface area contributed by atoms with Gasteiger partial charge in [0.2, 0.25) is 0 Å². The highest BCUT2D eigenvalue weighted by molar-refractivity contribution is 7.98. The van der Waals surface area contributed by atoms with Crippen LogP contribution in [0.25, 0.3) is 0 Å². The van der Waals surface area contributed by atoms with E-state index in [9.17, 15) is 0 Å². The Hall–Kier alpha value is -0.450. The fraction of sp³-hybridized carbons (Fsp3) is 0.636. The molecule has 0 fully saturated rings. The summed E-state index contributed by atoms with van der Waals surface area (Å²) in [6.45, 7) is 3.35. The number of thioether (sulfide) groups is 1. The maximum atomic E-state index is 5.58. The predicted octanol–water partition coefficient (Wildman–Crippen LogP) is 2.27. The first-order chi connectivity index (χ1) is 7.36. The number of hydrogen-bond acceptors (Lipinski definition) is 4. The summed E-state index contributed by atoms with van der Waals surface area (Å²) in [5, 5.41) is 0. The van der Waals surface area contributed by atoms with E-state index < -0.39 is 0 Å². The van der Waals surface area contributed by atoms with E-state index in [0.717, 1.165) is 30.3 Å². The van der Waals surface area contributed by atoms with Gasteiger partial charge in [-0.1, -0.05) is 0 Å². The van der Waals surface area contributed by atoms with Crippen LogP contribution in [0.1, 0.15) is 19.1 Å². The zero-order valence-corrected chi connectivity index (χ0v) is 9.96. The van der Waals surface area contributed by atoms with E-state index in [0.29, 0.717) is 6.54 Å². The average molecular weight is 229 g/mol. The Labute approximate surface area is 95.4 Å². The highest BCUT2D eigenvalue weighted by atomic mass is 32.2. The molecule has 4 heteroatoms. The molecule has 0 aliphatic carbocycles. The highest BCUT2D eigenvalue weighted by Crippen LogP contribution is 2.14. The van der Waals surface area contributed by atoms with Crippen LogP contribution in [0.4, 0.5) is 0 Å². The molecule has 86 valence electrons. The van der Waals surface area contributed by atoms with E-state index in [1.165, 1.54) is 0 Å². The molecule has 2 N–H and O–H groups in total. The molecule has 0 radical (unpaired) electrons. The van der Waals surface area contributed by atoms with Crippen molar-refractivity contribution in [2.45, 2.75) is 25.2 Å². The molecule has 1 unspecified atom stereocenters. The first-order valence-electron chi connectivity index (χ1n) is 5.28. The van der Waals surface area contributed by atoms with Gasteiger partial charge in [-0.3, -0.25) is 0 Å². The Balaban J connectivity index is 2.05. The van der Waals surface area contributed by atoms with Crippen LogP contribution < -0.4 is 5.73 Å². The molecule has 1 rings (SSSR count). The molecular formula is C11H19NO2S. The van der Waals surface area contributed by atoms with Crippen LogP contribution in [0.2, 0.25) is 0 Å². The minimum absolute atomic E-state index is 0.208. The zero-order valence-electron chi connectivity index (χ0n) is 9.15. The Morgan fingerprint density at radius 2 is 2.47 bits per heavy atom. The summed E-state index contributed by atoms with van der Waals surface area (Å²) in [6, 6.07) is 3.91. The molecule has 0 spiro atoms. The minimum Gasteiger partial charge on any atom is -0.468 e. The lowest BCUT2D eigenvalue weighted by molar-refractivity contribution is 0.0674. The van der Waals surface area contributed by atoms with Gasteiger partial charge in [0.15, 0.2) is 0 Å². The lowest BCUT2D eigenvalue weighted by Gasteiger charge is -2.13. The number of furan rings is 1. The molecular weight excluding hydrogens is 210 g/mol. The minimum atomic E-state index is 0.208. The average Bonchev–Trinajstić information content (AvgIpc) is 2.75. The number of ether oxygens (including phenoxy) is 1. The van der Waals surface area contributed by atoms with Gasteiger partial charge in [-0.25, -0.2) is 0 Å². The van der Waals surface area contributed by atoms with Crippen molar-refractivity contribution in [1.82, 2.24) is 0 Å². The van der Waals surface area contributed by atoms with E-state index >= 15 is 0 Å². The summed E-state index contributed by atoms with van der Waals surface area (Å²) < 4.78 is 10.7. The molecule has 0 aliphatic heterocycles. The molecule has 1 heterocycles. The molecule has 0 saturated heterocycles. The number of hydrogen-bond donors (Lipinski definition) is 1. The molecule has 15 heavy (non-hydrogen) atoms. The molecule has 0 aliphatic rings. The maximum absolute atomic E-state index is 5.58. The van der Waals surface area contributed by atoms with Gasteiger partial charge in [0, 0.05) is 13.2 Å². The van der Waals surface area contributed by atoms with Crippen molar-refractivity contribution in [2.24, 2.45) is 5.73 Å². The van der Waals surface area contributed by atoms with Crippen molar-refractivity contribution < 1.29 is 9.15 Å². The second-order valence-electron chi connectivity index (χ2n) is 3.23. The van der Waals surface area contributed by atoms with Gasteiger partial charge in [0.25, 0.3) is 0 Å². The van der Waals surface area contributed by atoms with Crippen molar-refractivity contribution in [1.29, 1.82) is 0 Å². The third-order valence-electron chi connectivity index (χ3n) is 2.07. The van der Waals surface area contributed by atoms with Crippen molar-refractivity contribution in [2.75, 3.05) is 18.9 Å². The van der Waals surface area contributed by atoms with E-state index in [1.54, 1.807) is 6.26 Å². The van der Waals surface area contributed by atoms with Crippen LogP contribution >= 0.6 is 11.8 Å². The smallest absolute Gasteiger partial charge is 0.113 e. The third-order valence-corrected chi connectivity index (χ3v) is 3.09. The summed E-state index contributed by atoms with van der Waals surface area (Å²) in [6.07, 6.45) is 2.92. The molecule has 3 nitrogen and oxygen atoms in total. The van der Waals surface area contributed by atoms with Crippen LogP contribution in [0, 0.1) is 0 Å². The van der Waals surface area contributed by atoms with Gasteiger partial charge in [0.1, 0.15) is 5.76 Å². The zero-order chi connectivity index (χ0) is 10.9. The SMILES string of the molecule is CCOC(CN)CCSCc1ccco1. The van der Waals surface area contributed by atoms with E-state index in [2.05, 4.69) is 0 Å². The van der Waals surface area contributed by atoms with Gasteiger partial charge in [0.05, 0.1) is 18.1 Å².